The van der Waals surface area contributed by atoms with E-state index in [0.29, 0.717) is 22.7 Å². The van der Waals surface area contributed by atoms with Gasteiger partial charge in [-0.3, -0.25) is 29.1 Å². The van der Waals surface area contributed by atoms with Crippen molar-refractivity contribution in [2.75, 3.05) is 71.0 Å². The Bertz CT molecular complexity index is 2410. The second-order valence-corrected chi connectivity index (χ2v) is 14.8. The van der Waals surface area contributed by atoms with Gasteiger partial charge in [0.2, 0.25) is 0 Å². The molecule has 2 aliphatic rings. The van der Waals surface area contributed by atoms with Crippen LogP contribution in [0.4, 0.5) is 11.6 Å². The number of hydrogen-bond donors (Lipinski definition) is 1. The fourth-order valence-electron chi connectivity index (χ4n) is 6.67. The van der Waals surface area contributed by atoms with E-state index in [2.05, 4.69) is 70.5 Å². The van der Waals surface area contributed by atoms with Crippen LogP contribution in [0.15, 0.2) is 85.8 Å². The van der Waals surface area contributed by atoms with Crippen LogP contribution < -0.4 is 5.32 Å². The van der Waals surface area contributed by atoms with Crippen LogP contribution in [0.25, 0.3) is 44.3 Å². The largest absolute Gasteiger partial charge is 0.379 e. The molecule has 0 aromatic carbocycles. The first kappa shape index (κ1) is 38.4. The highest BCUT2D eigenvalue weighted by Gasteiger charge is 2.13. The van der Waals surface area contributed by atoms with Crippen molar-refractivity contribution in [3.63, 3.8) is 0 Å². The van der Waals surface area contributed by atoms with Crippen LogP contribution >= 0.6 is 11.6 Å². The highest BCUT2D eigenvalue weighted by atomic mass is 35.5. The van der Waals surface area contributed by atoms with Gasteiger partial charge in [0.05, 0.1) is 80.2 Å². The second kappa shape index (κ2) is 18.2. The Hall–Kier alpha value is -5.45. The summed E-state index contributed by atoms with van der Waals surface area (Å²) in [7, 11) is 0. The SMILES string of the molecule is CC(C)c1cnnc(Nc2ccc3ncc(-c4cnn(CCN5CCOCC5)c4)cc3n2)c1.Clc1ccc2ncc(-c3cnn(CCN4CCOCC4)c3)cc2n1. The molecule has 0 atom stereocenters. The van der Waals surface area contributed by atoms with Crippen molar-refractivity contribution in [3.8, 4) is 22.3 Å². The third kappa shape index (κ3) is 10.1. The van der Waals surface area contributed by atoms with Crippen molar-refractivity contribution < 1.29 is 9.47 Å². The van der Waals surface area contributed by atoms with Gasteiger partial charge in [-0.1, -0.05) is 25.4 Å². The molecule has 7 aromatic heterocycles. The van der Waals surface area contributed by atoms with Gasteiger partial charge in [0.15, 0.2) is 5.82 Å². The maximum Gasteiger partial charge on any atom is 0.154 e. The van der Waals surface area contributed by atoms with Crippen LogP contribution in [0.5, 0.6) is 0 Å². The van der Waals surface area contributed by atoms with Gasteiger partial charge in [-0.15, -0.1) is 5.10 Å². The number of nitrogens with one attached hydrogen (secondary N) is 1. The molecule has 15 nitrogen and oxygen atoms in total. The molecule has 9 rings (SSSR count). The van der Waals surface area contributed by atoms with Crippen LogP contribution in [0, 0.1) is 0 Å². The smallest absolute Gasteiger partial charge is 0.154 e. The minimum Gasteiger partial charge on any atom is -0.379 e. The van der Waals surface area contributed by atoms with Gasteiger partial charge in [-0.2, -0.15) is 15.3 Å². The Kier molecular flexibility index (Phi) is 12.3. The predicted octanol–water partition coefficient (Wildman–Crippen LogP) is 5.96. The lowest BCUT2D eigenvalue weighted by Gasteiger charge is -2.26. The third-order valence-corrected chi connectivity index (χ3v) is 10.3. The first-order valence-electron chi connectivity index (χ1n) is 19.4. The molecule has 2 aliphatic heterocycles. The molecule has 2 saturated heterocycles. The van der Waals surface area contributed by atoms with Gasteiger partial charge in [0, 0.05) is 86.3 Å². The van der Waals surface area contributed by atoms with Crippen LogP contribution in [-0.2, 0) is 22.6 Å². The lowest BCUT2D eigenvalue weighted by Crippen LogP contribution is -2.38. The maximum absolute atomic E-state index is 5.97. The molecular weight excluding hydrogens is 742 g/mol. The molecule has 0 amide bonds. The van der Waals surface area contributed by atoms with E-state index in [1.165, 1.54) is 0 Å². The highest BCUT2D eigenvalue weighted by Crippen LogP contribution is 2.25. The summed E-state index contributed by atoms with van der Waals surface area (Å²) in [6.45, 7) is 15.2. The molecule has 0 spiro atoms. The van der Waals surface area contributed by atoms with Crippen LogP contribution in [0.2, 0.25) is 5.15 Å². The van der Waals surface area contributed by atoms with Crippen molar-refractivity contribution >= 4 is 45.3 Å². The Morgan fingerprint density at radius 3 is 1.75 bits per heavy atom. The number of hydrogen-bond acceptors (Lipinski definition) is 13. The Balaban J connectivity index is 0.000000168. The zero-order valence-electron chi connectivity index (χ0n) is 32.2. The molecular formula is C41H46ClN13O2. The number of fused-ring (bicyclic) bond motifs is 2. The van der Waals surface area contributed by atoms with E-state index in [-0.39, 0.29) is 0 Å². The highest BCUT2D eigenvalue weighted by molar-refractivity contribution is 6.29. The monoisotopic (exact) mass is 787 g/mol. The Morgan fingerprint density at radius 1 is 0.614 bits per heavy atom. The van der Waals surface area contributed by atoms with Gasteiger partial charge >= 0.3 is 0 Å². The zero-order chi connectivity index (χ0) is 39.0. The van der Waals surface area contributed by atoms with Crippen molar-refractivity contribution in [2.45, 2.75) is 32.9 Å². The molecule has 1 N–H and O–H groups in total. The van der Waals surface area contributed by atoms with E-state index in [1.54, 1.807) is 12.3 Å². The summed E-state index contributed by atoms with van der Waals surface area (Å²) < 4.78 is 14.7. The first-order valence-corrected chi connectivity index (χ1v) is 19.7. The molecule has 2 fully saturated rings. The summed E-state index contributed by atoms with van der Waals surface area (Å²) in [5.74, 6) is 1.77. The third-order valence-electron chi connectivity index (χ3n) is 10.1. The van der Waals surface area contributed by atoms with E-state index in [1.807, 2.05) is 76.7 Å². The van der Waals surface area contributed by atoms with Crippen LogP contribution in [-0.4, -0.2) is 125 Å². The van der Waals surface area contributed by atoms with E-state index in [4.69, 9.17) is 26.1 Å². The van der Waals surface area contributed by atoms with E-state index in [9.17, 15) is 0 Å². The summed E-state index contributed by atoms with van der Waals surface area (Å²) >= 11 is 5.97. The van der Waals surface area contributed by atoms with Crippen molar-refractivity contribution in [3.05, 3.63) is 96.6 Å². The molecule has 57 heavy (non-hydrogen) atoms. The van der Waals surface area contributed by atoms with Crippen molar-refractivity contribution in [1.82, 2.24) is 59.5 Å². The molecule has 9 heterocycles. The van der Waals surface area contributed by atoms with Crippen LogP contribution in [0.1, 0.15) is 25.3 Å². The number of pyridine rings is 4. The molecule has 0 unspecified atom stereocenters. The number of ether oxygens (including phenoxy) is 2. The molecule has 0 radical (unpaired) electrons. The summed E-state index contributed by atoms with van der Waals surface area (Å²) in [5, 5.41) is 21.0. The number of halogens is 1. The number of rotatable bonds is 11. The Morgan fingerprint density at radius 2 is 1.18 bits per heavy atom. The fourth-order valence-corrected chi connectivity index (χ4v) is 6.82. The summed E-state index contributed by atoms with van der Waals surface area (Å²) in [5.41, 5.74) is 8.46. The van der Waals surface area contributed by atoms with E-state index >= 15 is 0 Å². The van der Waals surface area contributed by atoms with E-state index < -0.39 is 0 Å². The quantitative estimate of drug-likeness (QED) is 0.154. The minimum absolute atomic E-state index is 0.382. The van der Waals surface area contributed by atoms with Gasteiger partial charge in [0.25, 0.3) is 0 Å². The number of nitrogens with zero attached hydrogens (tertiary/aromatic N) is 12. The summed E-state index contributed by atoms with van der Waals surface area (Å²) in [6.07, 6.45) is 13.4. The average Bonchev–Trinajstić information content (AvgIpc) is 3.93. The topological polar surface area (TPSA) is 150 Å². The summed E-state index contributed by atoms with van der Waals surface area (Å²) in [6, 6.07) is 13.5. The molecule has 0 saturated carbocycles. The lowest BCUT2D eigenvalue weighted by molar-refractivity contribution is 0.0359. The van der Waals surface area contributed by atoms with Crippen LogP contribution in [0.3, 0.4) is 0 Å². The zero-order valence-corrected chi connectivity index (χ0v) is 33.0. The Labute approximate surface area is 336 Å². The van der Waals surface area contributed by atoms with Gasteiger partial charge in [-0.25, -0.2) is 9.97 Å². The van der Waals surface area contributed by atoms with Gasteiger partial charge in [0.1, 0.15) is 11.0 Å². The normalized spacial score (nSPS) is 15.2. The first-order chi connectivity index (χ1) is 27.9. The second-order valence-electron chi connectivity index (χ2n) is 14.4. The summed E-state index contributed by atoms with van der Waals surface area (Å²) in [4.78, 5) is 22.9. The average molecular weight is 788 g/mol. The predicted molar refractivity (Wildman–Crippen MR) is 220 cm³/mol. The van der Waals surface area contributed by atoms with Gasteiger partial charge in [-0.05, 0) is 53.9 Å². The number of anilines is 2. The number of morpholine rings is 2. The molecule has 16 heteroatoms. The maximum atomic E-state index is 5.97. The lowest BCUT2D eigenvalue weighted by atomic mass is 10.1. The van der Waals surface area contributed by atoms with Gasteiger partial charge < -0.3 is 14.8 Å². The van der Waals surface area contributed by atoms with Crippen molar-refractivity contribution in [2.24, 2.45) is 0 Å². The van der Waals surface area contributed by atoms with Crippen molar-refractivity contribution in [1.29, 1.82) is 0 Å². The molecule has 0 aliphatic carbocycles. The molecule has 7 aromatic rings. The molecule has 0 bridgehead atoms. The molecule has 294 valence electrons. The number of aromatic nitrogens is 10. The minimum atomic E-state index is 0.382. The fraction of sp³-hybridized carbons (Fsp3) is 0.366. The van der Waals surface area contributed by atoms with E-state index in [0.717, 1.165) is 129 Å². The standard InChI is InChI=1S/C24H28N8O.C17H18ClN5O/c1-17(2)18-12-24(30-26-14-18)29-23-4-3-21-22(28-23)11-19(13-25-21)20-15-27-32(16-20)6-5-31-7-9-33-10-8-31;18-17-2-1-15-16(21-17)9-13(10-19-15)14-11-20-23(12-14)4-3-22-5-7-24-8-6-22/h3-4,11-17H,5-10H2,1-2H3,(H,28,29,30);1-2,9-12H,3-8H2.